The highest BCUT2D eigenvalue weighted by Gasteiger charge is 2.10. The zero-order valence-corrected chi connectivity index (χ0v) is 18.1. The van der Waals surface area contributed by atoms with Gasteiger partial charge in [0.25, 0.3) is 0 Å². The van der Waals surface area contributed by atoms with Gasteiger partial charge in [0.1, 0.15) is 0 Å². The molecule has 0 spiro atoms. The summed E-state index contributed by atoms with van der Waals surface area (Å²) in [4.78, 5) is 9.30. The summed E-state index contributed by atoms with van der Waals surface area (Å²) < 4.78 is 0. The third kappa shape index (κ3) is 3.77. The van der Waals surface area contributed by atoms with Crippen LogP contribution in [0.5, 0.6) is 0 Å². The number of nitrogens with zero attached hydrogens (tertiary/aromatic N) is 2. The average Bonchev–Trinajstić information content (AvgIpc) is 2.89. The van der Waals surface area contributed by atoms with Crippen LogP contribution in [-0.2, 0) is 6.42 Å². The lowest BCUT2D eigenvalue weighted by Gasteiger charge is -2.12. The molecule has 2 aromatic heterocycles. The van der Waals surface area contributed by atoms with Crippen LogP contribution in [0.2, 0.25) is 0 Å². The molecule has 0 aliphatic heterocycles. The predicted octanol–water partition coefficient (Wildman–Crippen LogP) is 7.71. The summed E-state index contributed by atoms with van der Waals surface area (Å²) in [6.07, 6.45) is 4.60. The van der Waals surface area contributed by atoms with Crippen molar-refractivity contribution in [2.75, 3.05) is 0 Å². The van der Waals surface area contributed by atoms with Crippen LogP contribution in [0.4, 0.5) is 0 Å². The Morgan fingerprint density at radius 1 is 0.515 bits per heavy atom. The van der Waals surface area contributed by atoms with Gasteiger partial charge in [0.15, 0.2) is 0 Å². The summed E-state index contributed by atoms with van der Waals surface area (Å²) >= 11 is 0. The van der Waals surface area contributed by atoms with Crippen LogP contribution in [-0.4, -0.2) is 9.97 Å². The van der Waals surface area contributed by atoms with Gasteiger partial charge in [-0.15, -0.1) is 0 Å². The van der Waals surface area contributed by atoms with Gasteiger partial charge < -0.3 is 0 Å². The Bertz CT molecular complexity index is 1580. The highest BCUT2D eigenvalue weighted by molar-refractivity contribution is 5.94. The first kappa shape index (κ1) is 19.4. The fraction of sp³-hybridized carbons (Fsp3) is 0.0323. The van der Waals surface area contributed by atoms with E-state index in [0.717, 1.165) is 28.9 Å². The van der Waals surface area contributed by atoms with Crippen LogP contribution in [0.1, 0.15) is 11.1 Å². The molecule has 0 aliphatic rings. The fourth-order valence-electron chi connectivity index (χ4n) is 4.62. The van der Waals surface area contributed by atoms with E-state index in [2.05, 4.69) is 102 Å². The summed E-state index contributed by atoms with van der Waals surface area (Å²) in [7, 11) is 0. The summed E-state index contributed by atoms with van der Waals surface area (Å²) in [6.45, 7) is 0. The number of benzene rings is 4. The molecule has 0 saturated carbocycles. The van der Waals surface area contributed by atoms with Crippen LogP contribution < -0.4 is 0 Å². The Morgan fingerprint density at radius 2 is 1.33 bits per heavy atom. The minimum atomic E-state index is 0.847. The second kappa shape index (κ2) is 8.33. The minimum absolute atomic E-state index is 0.847. The van der Waals surface area contributed by atoms with Crippen molar-refractivity contribution in [1.29, 1.82) is 0 Å². The van der Waals surface area contributed by atoms with E-state index in [9.17, 15) is 0 Å². The molecule has 156 valence electrons. The van der Waals surface area contributed by atoms with Crippen LogP contribution in [0.3, 0.4) is 0 Å². The maximum Gasteiger partial charge on any atom is 0.0780 e. The van der Waals surface area contributed by atoms with Gasteiger partial charge >= 0.3 is 0 Å². The molecule has 6 rings (SSSR count). The number of hydrogen-bond donors (Lipinski definition) is 0. The Hall–Kier alpha value is -4.30. The van der Waals surface area contributed by atoms with Crippen molar-refractivity contribution in [3.63, 3.8) is 0 Å². The topological polar surface area (TPSA) is 25.8 Å². The van der Waals surface area contributed by atoms with Crippen molar-refractivity contribution >= 4 is 21.5 Å². The molecule has 0 atom stereocenters. The number of fused-ring (bicyclic) bond motifs is 2. The molecule has 33 heavy (non-hydrogen) atoms. The number of pyridine rings is 2. The second-order valence-corrected chi connectivity index (χ2v) is 8.33. The molecule has 0 aliphatic carbocycles. The van der Waals surface area contributed by atoms with E-state index in [1.54, 1.807) is 0 Å². The van der Waals surface area contributed by atoms with Crippen LogP contribution in [0.25, 0.3) is 44.1 Å². The zero-order chi connectivity index (χ0) is 22.0. The Kier molecular flexibility index (Phi) is 4.89. The first-order chi connectivity index (χ1) is 16.3. The van der Waals surface area contributed by atoms with Gasteiger partial charge in [-0.1, -0.05) is 72.8 Å². The lowest BCUT2D eigenvalue weighted by Crippen LogP contribution is -1.94. The molecule has 4 aromatic carbocycles. The third-order valence-corrected chi connectivity index (χ3v) is 6.18. The van der Waals surface area contributed by atoms with E-state index < -0.39 is 0 Å². The standard InChI is InChI=1S/C31H22N2/c1-4-13-29-23(9-1)15-17-33-31(29)25-11-7-8-22(18-25)19-26-21-27(30-14-5-6-16-32-30)20-24-10-2-3-12-28(24)26/h1-18,20-21H,19H2. The summed E-state index contributed by atoms with van der Waals surface area (Å²) in [5, 5.41) is 4.91. The Morgan fingerprint density at radius 3 is 2.21 bits per heavy atom. The summed E-state index contributed by atoms with van der Waals surface area (Å²) in [6, 6.07) is 38.5. The Labute approximate surface area is 193 Å². The van der Waals surface area contributed by atoms with E-state index in [-0.39, 0.29) is 0 Å². The number of rotatable bonds is 4. The zero-order valence-electron chi connectivity index (χ0n) is 18.1. The van der Waals surface area contributed by atoms with Gasteiger partial charge in [-0.3, -0.25) is 9.97 Å². The van der Waals surface area contributed by atoms with E-state index in [1.807, 2.05) is 24.5 Å². The molecule has 0 N–H and O–H groups in total. The normalized spacial score (nSPS) is 11.2. The largest absolute Gasteiger partial charge is 0.256 e. The highest BCUT2D eigenvalue weighted by Crippen LogP contribution is 2.31. The molecule has 0 amide bonds. The van der Waals surface area contributed by atoms with Crippen LogP contribution in [0.15, 0.2) is 122 Å². The number of hydrogen-bond acceptors (Lipinski definition) is 2. The van der Waals surface area contributed by atoms with E-state index >= 15 is 0 Å². The second-order valence-electron chi connectivity index (χ2n) is 8.33. The summed E-state index contributed by atoms with van der Waals surface area (Å²) in [5.74, 6) is 0. The lowest BCUT2D eigenvalue weighted by molar-refractivity contribution is 1.21. The van der Waals surface area contributed by atoms with Crippen LogP contribution >= 0.6 is 0 Å². The molecule has 0 saturated heterocycles. The van der Waals surface area contributed by atoms with Gasteiger partial charge in [-0.2, -0.15) is 0 Å². The van der Waals surface area contributed by atoms with Crippen molar-refractivity contribution in [1.82, 2.24) is 9.97 Å². The molecular formula is C31H22N2. The molecule has 0 radical (unpaired) electrons. The molecule has 6 aromatic rings. The quantitative estimate of drug-likeness (QED) is 0.291. The Balaban J connectivity index is 1.45. The van der Waals surface area contributed by atoms with Gasteiger partial charge in [-0.05, 0) is 70.1 Å². The van der Waals surface area contributed by atoms with Crippen molar-refractivity contribution < 1.29 is 0 Å². The smallest absolute Gasteiger partial charge is 0.0780 e. The van der Waals surface area contributed by atoms with Gasteiger partial charge in [-0.25, -0.2) is 0 Å². The molecule has 2 heteroatoms. The molecule has 2 nitrogen and oxygen atoms in total. The highest BCUT2D eigenvalue weighted by atomic mass is 14.7. The summed E-state index contributed by atoms with van der Waals surface area (Å²) in [5.41, 5.74) is 6.90. The van der Waals surface area contributed by atoms with Crippen molar-refractivity contribution in [2.24, 2.45) is 0 Å². The van der Waals surface area contributed by atoms with E-state index in [0.29, 0.717) is 0 Å². The monoisotopic (exact) mass is 422 g/mol. The van der Waals surface area contributed by atoms with Gasteiger partial charge in [0.05, 0.1) is 11.4 Å². The third-order valence-electron chi connectivity index (χ3n) is 6.18. The van der Waals surface area contributed by atoms with Crippen molar-refractivity contribution in [3.8, 4) is 22.5 Å². The minimum Gasteiger partial charge on any atom is -0.256 e. The predicted molar refractivity (Wildman–Crippen MR) is 137 cm³/mol. The SMILES string of the molecule is c1ccc(-c2cc(Cc3cccc(-c4nccc5ccccc45)c3)c3ccccc3c2)nc1. The first-order valence-electron chi connectivity index (χ1n) is 11.2. The molecule has 0 unspecified atom stereocenters. The molecule has 0 fully saturated rings. The molecular weight excluding hydrogens is 400 g/mol. The maximum atomic E-state index is 4.72. The number of aromatic nitrogens is 2. The molecule has 0 bridgehead atoms. The molecule has 2 heterocycles. The fourth-order valence-corrected chi connectivity index (χ4v) is 4.62. The van der Waals surface area contributed by atoms with E-state index in [1.165, 1.54) is 32.7 Å². The average molecular weight is 423 g/mol. The lowest BCUT2D eigenvalue weighted by atomic mass is 9.93. The van der Waals surface area contributed by atoms with Crippen LogP contribution in [0, 0.1) is 0 Å². The van der Waals surface area contributed by atoms with Crippen molar-refractivity contribution in [2.45, 2.75) is 6.42 Å². The van der Waals surface area contributed by atoms with Crippen molar-refractivity contribution in [3.05, 3.63) is 133 Å². The van der Waals surface area contributed by atoms with Gasteiger partial charge in [0.2, 0.25) is 0 Å². The van der Waals surface area contributed by atoms with E-state index in [4.69, 9.17) is 4.98 Å². The van der Waals surface area contributed by atoms with Gasteiger partial charge in [0, 0.05) is 28.9 Å². The maximum absolute atomic E-state index is 4.72. The first-order valence-corrected chi connectivity index (χ1v) is 11.2.